The Kier molecular flexibility index (Phi) is 5.58. The van der Waals surface area contributed by atoms with Gasteiger partial charge in [0.25, 0.3) is 11.8 Å². The van der Waals surface area contributed by atoms with E-state index in [2.05, 4.69) is 34.7 Å². The van der Waals surface area contributed by atoms with Crippen LogP contribution in [-0.4, -0.2) is 54.9 Å². The molecule has 0 bridgehead atoms. The van der Waals surface area contributed by atoms with Crippen molar-refractivity contribution in [1.82, 2.24) is 15.2 Å². The Morgan fingerprint density at radius 3 is 2.89 bits per heavy atom. The first-order valence-electron chi connectivity index (χ1n) is 7.64. The van der Waals surface area contributed by atoms with Gasteiger partial charge in [-0.15, -0.1) is 29.7 Å². The van der Waals surface area contributed by atoms with Crippen LogP contribution in [0.1, 0.15) is 12.1 Å². The standard InChI is InChI=1S/C15H15N5O4S3/c1-2-3-6-4-26-13-9(12(22)20(13)10(6)14(23)25)18-11(21)8(19-24)7-5-27-15(16)17-7/h2,5,9,13,24H,1,3-4H2,(H2,16,17)(H,18,21)(H,23,25)/b19-8-/t9-,13-/m1/s1. The smallest absolute Gasteiger partial charge is 0.276 e. The summed E-state index contributed by atoms with van der Waals surface area (Å²) in [4.78, 5) is 42.1. The van der Waals surface area contributed by atoms with E-state index in [1.165, 1.54) is 22.0 Å². The molecule has 27 heavy (non-hydrogen) atoms. The summed E-state index contributed by atoms with van der Waals surface area (Å²) in [5.41, 5.74) is 6.29. The number of hydrogen-bond donors (Lipinski definition) is 4. The van der Waals surface area contributed by atoms with E-state index in [4.69, 9.17) is 10.9 Å². The van der Waals surface area contributed by atoms with Crippen molar-refractivity contribution in [3.8, 4) is 0 Å². The monoisotopic (exact) mass is 425 g/mol. The lowest BCUT2D eigenvalue weighted by atomic mass is 10.0. The van der Waals surface area contributed by atoms with Crippen LogP contribution in [0, 0.1) is 0 Å². The topological polar surface area (TPSA) is 138 Å². The second-order valence-corrected chi connectivity index (χ2v) is 8.03. The first kappa shape index (κ1) is 19.5. The zero-order valence-corrected chi connectivity index (χ0v) is 16.3. The molecule has 4 N–H and O–H groups in total. The summed E-state index contributed by atoms with van der Waals surface area (Å²) < 4.78 is 0. The number of oxime groups is 1. The summed E-state index contributed by atoms with van der Waals surface area (Å²) >= 11 is 6.38. The number of nitrogen functional groups attached to an aromatic ring is 1. The fourth-order valence-electron chi connectivity index (χ4n) is 2.83. The number of anilines is 1. The Balaban J connectivity index is 1.78. The van der Waals surface area contributed by atoms with Crippen LogP contribution in [0.2, 0.25) is 0 Å². The van der Waals surface area contributed by atoms with Crippen LogP contribution in [0.25, 0.3) is 0 Å². The summed E-state index contributed by atoms with van der Waals surface area (Å²) in [6, 6.07) is -0.858. The third kappa shape index (κ3) is 3.47. The highest BCUT2D eigenvalue weighted by molar-refractivity contribution is 8.00. The van der Waals surface area contributed by atoms with Crippen molar-refractivity contribution in [2.45, 2.75) is 17.8 Å². The van der Waals surface area contributed by atoms with Crippen LogP contribution >= 0.6 is 35.7 Å². The van der Waals surface area contributed by atoms with E-state index in [0.717, 1.165) is 16.9 Å². The average molecular weight is 426 g/mol. The molecule has 2 atom stereocenters. The molecule has 0 aromatic carbocycles. The second kappa shape index (κ2) is 7.74. The van der Waals surface area contributed by atoms with E-state index in [9.17, 15) is 14.4 Å². The summed E-state index contributed by atoms with van der Waals surface area (Å²) in [5, 5.41) is 15.4. The number of carbonyl (C=O) groups is 3. The van der Waals surface area contributed by atoms with Crippen molar-refractivity contribution in [3.05, 3.63) is 35.0 Å². The van der Waals surface area contributed by atoms with E-state index >= 15 is 0 Å². The van der Waals surface area contributed by atoms with E-state index in [0.29, 0.717) is 12.2 Å². The highest BCUT2D eigenvalue weighted by Crippen LogP contribution is 2.41. The minimum absolute atomic E-state index is 0.108. The maximum Gasteiger partial charge on any atom is 0.276 e. The molecule has 2 aliphatic heterocycles. The van der Waals surface area contributed by atoms with E-state index in [1.807, 2.05) is 0 Å². The number of rotatable bonds is 6. The molecule has 1 aromatic rings. The maximum absolute atomic E-state index is 12.6. The van der Waals surface area contributed by atoms with Gasteiger partial charge in [0.15, 0.2) is 10.8 Å². The molecular weight excluding hydrogens is 410 g/mol. The average Bonchev–Trinajstić information content (AvgIpc) is 3.05. The number of allylic oxidation sites excluding steroid dienone is 1. The number of aromatic nitrogens is 1. The van der Waals surface area contributed by atoms with Crippen LogP contribution in [0.4, 0.5) is 5.13 Å². The number of thiazole rings is 1. The summed E-state index contributed by atoms with van der Waals surface area (Å²) in [6.45, 7) is 3.65. The largest absolute Gasteiger partial charge is 0.410 e. The van der Waals surface area contributed by atoms with Crippen molar-refractivity contribution in [1.29, 1.82) is 0 Å². The van der Waals surface area contributed by atoms with Crippen molar-refractivity contribution in [3.63, 3.8) is 0 Å². The van der Waals surface area contributed by atoms with Crippen LogP contribution in [-0.2, 0) is 14.4 Å². The maximum atomic E-state index is 12.6. The molecule has 142 valence electrons. The molecule has 0 spiro atoms. The summed E-state index contributed by atoms with van der Waals surface area (Å²) in [7, 11) is 0. The number of amides is 2. The number of β-lactam (4-membered cyclic amide) rings is 1. The number of nitrogens with zero attached hydrogens (tertiary/aromatic N) is 3. The third-order valence-corrected chi connectivity index (χ3v) is 6.23. The van der Waals surface area contributed by atoms with Gasteiger partial charge >= 0.3 is 0 Å². The Morgan fingerprint density at radius 2 is 2.33 bits per heavy atom. The second-order valence-electron chi connectivity index (χ2n) is 5.63. The minimum Gasteiger partial charge on any atom is -0.410 e. The molecule has 3 rings (SSSR count). The highest BCUT2D eigenvalue weighted by Gasteiger charge is 2.53. The Bertz CT molecular complexity index is 894. The molecule has 3 heterocycles. The molecule has 2 amide bonds. The van der Waals surface area contributed by atoms with E-state index < -0.39 is 28.3 Å². The number of nitrogens with one attached hydrogen (secondary N) is 1. The minimum atomic E-state index is -0.858. The van der Waals surface area contributed by atoms with Gasteiger partial charge in [-0.2, -0.15) is 0 Å². The van der Waals surface area contributed by atoms with Crippen molar-refractivity contribution in [2.24, 2.45) is 5.16 Å². The van der Waals surface area contributed by atoms with Gasteiger partial charge in [-0.3, -0.25) is 19.3 Å². The van der Waals surface area contributed by atoms with Crippen molar-refractivity contribution in [2.75, 3.05) is 11.5 Å². The van der Waals surface area contributed by atoms with Gasteiger partial charge < -0.3 is 16.3 Å². The predicted octanol–water partition coefficient (Wildman–Crippen LogP) is 0.590. The van der Waals surface area contributed by atoms with Crippen molar-refractivity contribution >= 4 is 63.5 Å². The molecular formula is C15H15N5O4S3. The van der Waals surface area contributed by atoms with E-state index in [-0.39, 0.29) is 22.2 Å². The van der Waals surface area contributed by atoms with Gasteiger partial charge in [-0.25, -0.2) is 4.98 Å². The van der Waals surface area contributed by atoms with Gasteiger partial charge in [-0.05, 0) is 12.0 Å². The van der Waals surface area contributed by atoms with Gasteiger partial charge in [0.2, 0.25) is 5.12 Å². The summed E-state index contributed by atoms with van der Waals surface area (Å²) in [5.74, 6) is -0.687. The predicted molar refractivity (Wildman–Crippen MR) is 106 cm³/mol. The van der Waals surface area contributed by atoms with Gasteiger partial charge in [-0.1, -0.05) is 23.9 Å². The molecule has 12 heteroatoms. The first-order valence-corrected chi connectivity index (χ1v) is 10.0. The molecule has 9 nitrogen and oxygen atoms in total. The lowest BCUT2D eigenvalue weighted by Gasteiger charge is -2.49. The quantitative estimate of drug-likeness (QED) is 0.131. The zero-order valence-electron chi connectivity index (χ0n) is 13.8. The molecule has 0 aliphatic carbocycles. The van der Waals surface area contributed by atoms with Crippen molar-refractivity contribution < 1.29 is 19.6 Å². The lowest BCUT2D eigenvalue weighted by Crippen LogP contribution is -2.70. The number of carbonyl (C=O) groups excluding carboxylic acids is 3. The number of fused-ring (bicyclic) bond motifs is 1. The van der Waals surface area contributed by atoms with Crippen LogP contribution in [0.5, 0.6) is 0 Å². The molecule has 2 aliphatic rings. The Labute approximate surface area is 167 Å². The molecule has 0 radical (unpaired) electrons. The fraction of sp³-hybridized carbons (Fsp3) is 0.267. The SMILES string of the molecule is C=CCC1=C(C(=O)S)N2C(=O)[C@@H](NC(=O)/C(=N\O)c3csc(N)n3)[C@H]2SC1. The van der Waals surface area contributed by atoms with Gasteiger partial charge in [0.05, 0.1) is 5.70 Å². The molecule has 1 aromatic heterocycles. The van der Waals surface area contributed by atoms with Gasteiger partial charge in [0.1, 0.15) is 17.1 Å². The van der Waals surface area contributed by atoms with Crippen LogP contribution < -0.4 is 11.1 Å². The van der Waals surface area contributed by atoms with Crippen LogP contribution in [0.3, 0.4) is 0 Å². The number of thiol groups is 1. The van der Waals surface area contributed by atoms with Gasteiger partial charge in [0, 0.05) is 11.1 Å². The fourth-order valence-corrected chi connectivity index (χ4v) is 5.01. The first-order chi connectivity index (χ1) is 12.9. The number of nitrogens with two attached hydrogens (primary N) is 1. The normalized spacial score (nSPS) is 22.2. The number of hydrogen-bond acceptors (Lipinski definition) is 9. The highest BCUT2D eigenvalue weighted by atomic mass is 32.2. The van der Waals surface area contributed by atoms with Crippen LogP contribution in [0.15, 0.2) is 34.5 Å². The number of thioether (sulfide) groups is 1. The Morgan fingerprint density at radius 1 is 1.59 bits per heavy atom. The molecule has 1 saturated heterocycles. The lowest BCUT2D eigenvalue weighted by molar-refractivity contribution is -0.146. The Hall–Kier alpha value is -2.31. The van der Waals surface area contributed by atoms with E-state index in [1.54, 1.807) is 6.08 Å². The molecule has 1 fully saturated rings. The molecule has 0 unspecified atom stereocenters. The molecule has 0 saturated carbocycles. The zero-order chi connectivity index (χ0) is 19.7. The third-order valence-electron chi connectivity index (χ3n) is 4.01. The summed E-state index contributed by atoms with van der Waals surface area (Å²) in [6.07, 6.45) is 2.12.